The van der Waals surface area contributed by atoms with Crippen molar-refractivity contribution < 1.29 is 23.9 Å². The third kappa shape index (κ3) is 4.41. The largest absolute Gasteiger partial charge is 0.469 e. The molecule has 1 aromatic carbocycles. The fourth-order valence-electron chi connectivity index (χ4n) is 2.48. The molecule has 7 nitrogen and oxygen atoms in total. The van der Waals surface area contributed by atoms with E-state index in [1.54, 1.807) is 12.1 Å². The average Bonchev–Trinajstić information content (AvgIpc) is 2.58. The van der Waals surface area contributed by atoms with Gasteiger partial charge in [0.1, 0.15) is 0 Å². The number of carbonyl (C=O) groups excluding carboxylic acids is 4. The Hall–Kier alpha value is -2.70. The molecule has 0 saturated carbocycles. The van der Waals surface area contributed by atoms with Crippen LogP contribution < -0.4 is 5.43 Å². The molecule has 1 unspecified atom stereocenters. The second kappa shape index (κ2) is 7.72. The number of hydrogen-bond donors (Lipinski definition) is 1. The maximum absolute atomic E-state index is 12.2. The Kier molecular flexibility index (Phi) is 5.68. The summed E-state index contributed by atoms with van der Waals surface area (Å²) in [4.78, 5) is 47.5. The Bertz CT molecular complexity index is 653. The molecule has 24 heavy (non-hydrogen) atoms. The molecule has 1 saturated heterocycles. The van der Waals surface area contributed by atoms with Crippen molar-refractivity contribution in [2.24, 2.45) is 5.92 Å². The summed E-state index contributed by atoms with van der Waals surface area (Å²) in [7, 11) is 1.24. The molecule has 2 rings (SSSR count). The third-order valence-corrected chi connectivity index (χ3v) is 3.87. The fourth-order valence-corrected chi connectivity index (χ4v) is 2.48. The van der Waals surface area contributed by atoms with E-state index in [4.69, 9.17) is 0 Å². The van der Waals surface area contributed by atoms with Crippen molar-refractivity contribution in [1.82, 2.24) is 10.4 Å². The predicted octanol–water partition coefficient (Wildman–Crippen LogP) is 1.01. The summed E-state index contributed by atoms with van der Waals surface area (Å²) in [6.45, 7) is 1.98. The van der Waals surface area contributed by atoms with Gasteiger partial charge in [0.25, 0.3) is 0 Å². The lowest BCUT2D eigenvalue weighted by molar-refractivity contribution is -0.156. The van der Waals surface area contributed by atoms with E-state index in [2.05, 4.69) is 10.2 Å². The zero-order valence-electron chi connectivity index (χ0n) is 13.7. The van der Waals surface area contributed by atoms with Crippen molar-refractivity contribution in [2.75, 3.05) is 13.7 Å². The molecule has 1 atom stereocenters. The van der Waals surface area contributed by atoms with Crippen molar-refractivity contribution in [2.45, 2.75) is 26.2 Å². The highest BCUT2D eigenvalue weighted by Crippen LogP contribution is 2.15. The standard InChI is InChI=1S/C17H20N2O5/c1-11-3-5-12(6-4-11)14(20)7-8-16(22)19-10-13(17(23)24-2)9-15(21)18-19/h3-6,13H,7-10H2,1-2H3,(H,18,21). The van der Waals surface area contributed by atoms with E-state index in [0.717, 1.165) is 10.6 Å². The summed E-state index contributed by atoms with van der Waals surface area (Å²) in [5.74, 6) is -2.18. The lowest BCUT2D eigenvalue weighted by atomic mass is 10.0. The topological polar surface area (TPSA) is 92.8 Å². The summed E-state index contributed by atoms with van der Waals surface area (Å²) in [6, 6.07) is 7.11. The van der Waals surface area contributed by atoms with Crippen LogP contribution in [0.5, 0.6) is 0 Å². The molecule has 0 bridgehead atoms. The van der Waals surface area contributed by atoms with Gasteiger partial charge < -0.3 is 4.74 Å². The van der Waals surface area contributed by atoms with E-state index in [1.807, 2.05) is 19.1 Å². The second-order valence-corrected chi connectivity index (χ2v) is 5.75. The molecule has 128 valence electrons. The van der Waals surface area contributed by atoms with Crippen LogP contribution in [0, 0.1) is 12.8 Å². The number of Topliss-reactive ketones (excluding diaryl/α,β-unsaturated/α-hetero) is 1. The normalized spacial score (nSPS) is 17.2. The van der Waals surface area contributed by atoms with Crippen LogP contribution in [0.25, 0.3) is 0 Å². The third-order valence-electron chi connectivity index (χ3n) is 3.87. The highest BCUT2D eigenvalue weighted by atomic mass is 16.5. The van der Waals surface area contributed by atoms with E-state index in [0.29, 0.717) is 5.56 Å². The summed E-state index contributed by atoms with van der Waals surface area (Å²) in [5, 5.41) is 1.09. The van der Waals surface area contributed by atoms with Crippen LogP contribution >= 0.6 is 0 Å². The number of hydrogen-bond acceptors (Lipinski definition) is 5. The lowest BCUT2D eigenvalue weighted by Crippen LogP contribution is -2.54. The second-order valence-electron chi connectivity index (χ2n) is 5.75. The minimum absolute atomic E-state index is 0.0151. The van der Waals surface area contributed by atoms with E-state index in [9.17, 15) is 19.2 Å². The molecule has 1 fully saturated rings. The molecule has 0 spiro atoms. The van der Waals surface area contributed by atoms with Gasteiger partial charge in [0.15, 0.2) is 5.78 Å². The van der Waals surface area contributed by atoms with Crippen molar-refractivity contribution in [3.63, 3.8) is 0 Å². The Labute approximate surface area is 139 Å². The number of methoxy groups -OCH3 is 1. The number of carbonyl (C=O) groups is 4. The van der Waals surface area contributed by atoms with Crippen LogP contribution in [-0.2, 0) is 19.1 Å². The summed E-state index contributed by atoms with van der Waals surface area (Å²) < 4.78 is 4.62. The number of amides is 2. The Balaban J connectivity index is 1.91. The average molecular weight is 332 g/mol. The maximum Gasteiger partial charge on any atom is 0.311 e. The predicted molar refractivity (Wildman–Crippen MR) is 84.7 cm³/mol. The first-order valence-electron chi connectivity index (χ1n) is 7.68. The highest BCUT2D eigenvalue weighted by molar-refractivity contribution is 5.98. The summed E-state index contributed by atoms with van der Waals surface area (Å²) in [6.07, 6.45) is -0.0171. The molecule has 2 amide bonds. The number of aryl methyl sites for hydroxylation is 1. The van der Waals surface area contributed by atoms with Gasteiger partial charge >= 0.3 is 5.97 Å². The number of benzene rings is 1. The molecule has 1 N–H and O–H groups in total. The molecule has 0 aliphatic carbocycles. The van der Waals surface area contributed by atoms with Crippen LogP contribution in [-0.4, -0.2) is 42.2 Å². The molecule has 0 aromatic heterocycles. The molecule has 1 aliphatic heterocycles. The first-order chi connectivity index (χ1) is 11.4. The Morgan fingerprint density at radius 2 is 1.88 bits per heavy atom. The molecule has 0 radical (unpaired) electrons. The SMILES string of the molecule is COC(=O)C1CC(=O)NN(C(=O)CCC(=O)c2ccc(C)cc2)C1. The maximum atomic E-state index is 12.2. The van der Waals surface area contributed by atoms with Gasteiger partial charge in [-0.1, -0.05) is 29.8 Å². The van der Waals surface area contributed by atoms with Gasteiger partial charge in [0.05, 0.1) is 19.6 Å². The highest BCUT2D eigenvalue weighted by Gasteiger charge is 2.33. The quantitative estimate of drug-likeness (QED) is 0.642. The van der Waals surface area contributed by atoms with Crippen LogP contribution in [0.1, 0.15) is 35.2 Å². The van der Waals surface area contributed by atoms with Crippen LogP contribution in [0.2, 0.25) is 0 Å². The number of nitrogens with zero attached hydrogens (tertiary/aromatic N) is 1. The van der Waals surface area contributed by atoms with Crippen molar-refractivity contribution >= 4 is 23.6 Å². The number of ketones is 1. The molecular formula is C17H20N2O5. The zero-order valence-corrected chi connectivity index (χ0v) is 13.7. The number of nitrogens with one attached hydrogen (secondary N) is 1. The van der Waals surface area contributed by atoms with Gasteiger partial charge in [-0.05, 0) is 6.92 Å². The van der Waals surface area contributed by atoms with Gasteiger partial charge in [0, 0.05) is 24.8 Å². The smallest absolute Gasteiger partial charge is 0.311 e. The molecule has 1 aromatic rings. The van der Waals surface area contributed by atoms with Crippen molar-refractivity contribution in [3.05, 3.63) is 35.4 Å². The molecule has 1 aliphatic rings. The van der Waals surface area contributed by atoms with Gasteiger partial charge in [-0.25, -0.2) is 0 Å². The molecule has 1 heterocycles. The Morgan fingerprint density at radius 3 is 2.50 bits per heavy atom. The first kappa shape index (κ1) is 17.7. The number of ether oxygens (including phenoxy) is 1. The van der Waals surface area contributed by atoms with Gasteiger partial charge in [0.2, 0.25) is 11.8 Å². The molecular weight excluding hydrogens is 312 g/mol. The first-order valence-corrected chi connectivity index (χ1v) is 7.68. The zero-order chi connectivity index (χ0) is 17.7. The van der Waals surface area contributed by atoms with Gasteiger partial charge in [-0.2, -0.15) is 0 Å². The summed E-state index contributed by atoms with van der Waals surface area (Å²) in [5.41, 5.74) is 4.02. The monoisotopic (exact) mass is 332 g/mol. The van der Waals surface area contributed by atoms with E-state index in [1.165, 1.54) is 7.11 Å². The van der Waals surface area contributed by atoms with Crippen LogP contribution in [0.4, 0.5) is 0 Å². The van der Waals surface area contributed by atoms with Gasteiger partial charge in [-0.15, -0.1) is 0 Å². The lowest BCUT2D eigenvalue weighted by Gasteiger charge is -2.31. The molecule has 7 heteroatoms. The fraction of sp³-hybridized carbons (Fsp3) is 0.412. The van der Waals surface area contributed by atoms with Crippen molar-refractivity contribution in [1.29, 1.82) is 0 Å². The number of hydrazine groups is 1. The minimum Gasteiger partial charge on any atom is -0.469 e. The summed E-state index contributed by atoms with van der Waals surface area (Å²) >= 11 is 0. The Morgan fingerprint density at radius 1 is 1.21 bits per heavy atom. The van der Waals surface area contributed by atoms with Gasteiger partial charge in [-0.3, -0.25) is 29.6 Å². The minimum atomic E-state index is -0.680. The van der Waals surface area contributed by atoms with Crippen LogP contribution in [0.3, 0.4) is 0 Å². The van der Waals surface area contributed by atoms with E-state index in [-0.39, 0.29) is 31.6 Å². The number of esters is 1. The van der Waals surface area contributed by atoms with E-state index >= 15 is 0 Å². The van der Waals surface area contributed by atoms with E-state index < -0.39 is 23.7 Å². The van der Waals surface area contributed by atoms with Crippen LogP contribution in [0.15, 0.2) is 24.3 Å². The van der Waals surface area contributed by atoms with Crippen molar-refractivity contribution in [3.8, 4) is 0 Å². The number of rotatable bonds is 5.